The second kappa shape index (κ2) is 6.28. The Hall–Kier alpha value is -2.20. The molecule has 112 valence electrons. The molecule has 0 fully saturated rings. The molecule has 0 spiro atoms. The average Bonchev–Trinajstić information content (AvgIpc) is 3.08. The van der Waals surface area contributed by atoms with Gasteiger partial charge >= 0.3 is 0 Å². The molecular weight excluding hydrogens is 292 g/mol. The van der Waals surface area contributed by atoms with E-state index in [1.807, 2.05) is 52.7 Å². The quantitative estimate of drug-likeness (QED) is 0.697. The van der Waals surface area contributed by atoms with Gasteiger partial charge in [0.1, 0.15) is 5.69 Å². The van der Waals surface area contributed by atoms with Crippen LogP contribution in [0.15, 0.2) is 54.0 Å². The second-order valence-electron chi connectivity index (χ2n) is 5.30. The molecule has 0 bridgehead atoms. The highest BCUT2D eigenvalue weighted by atomic mass is 32.1. The third kappa shape index (κ3) is 2.74. The molecule has 22 heavy (non-hydrogen) atoms. The van der Waals surface area contributed by atoms with Crippen LogP contribution >= 0.6 is 11.3 Å². The van der Waals surface area contributed by atoms with Crippen molar-refractivity contribution >= 4 is 33.0 Å². The maximum absolute atomic E-state index is 13.0. The Bertz CT molecular complexity index is 783. The summed E-state index contributed by atoms with van der Waals surface area (Å²) in [6, 6.07) is 13.9. The van der Waals surface area contributed by atoms with E-state index in [0.717, 1.165) is 22.2 Å². The van der Waals surface area contributed by atoms with E-state index in [2.05, 4.69) is 18.8 Å². The number of carbonyl (C=O) groups excluding carboxylic acids is 1. The highest BCUT2D eigenvalue weighted by molar-refractivity contribution is 7.14. The van der Waals surface area contributed by atoms with Crippen molar-refractivity contribution in [3.05, 3.63) is 59.7 Å². The normalized spacial score (nSPS) is 12.3. The number of aromatic nitrogens is 1. The number of nitrogens with zero attached hydrogens (tertiary/aromatic N) is 2. The Labute approximate surface area is 134 Å². The number of fused-ring (bicyclic) bond motifs is 1. The number of hydrogen-bond acceptors (Lipinski definition) is 3. The van der Waals surface area contributed by atoms with Crippen molar-refractivity contribution < 1.29 is 4.79 Å². The highest BCUT2D eigenvalue weighted by Crippen LogP contribution is 2.26. The first-order chi connectivity index (χ1) is 10.7. The molecule has 0 radical (unpaired) electrons. The van der Waals surface area contributed by atoms with Crippen LogP contribution in [0.4, 0.5) is 5.00 Å². The van der Waals surface area contributed by atoms with Gasteiger partial charge in [0.15, 0.2) is 0 Å². The van der Waals surface area contributed by atoms with E-state index in [1.165, 1.54) is 0 Å². The first-order valence-corrected chi connectivity index (χ1v) is 8.30. The third-order valence-electron chi connectivity index (χ3n) is 3.84. The minimum Gasteiger partial charge on any atom is -0.296 e. The second-order valence-corrected chi connectivity index (χ2v) is 6.23. The molecular formula is C18H18N2OS. The molecule has 0 N–H and O–H groups in total. The van der Waals surface area contributed by atoms with Crippen molar-refractivity contribution in [3.63, 3.8) is 0 Å². The predicted octanol–water partition coefficient (Wildman–Crippen LogP) is 4.74. The summed E-state index contributed by atoms with van der Waals surface area (Å²) < 4.78 is 0. The largest absolute Gasteiger partial charge is 0.296 e. The average molecular weight is 310 g/mol. The summed E-state index contributed by atoms with van der Waals surface area (Å²) in [6.07, 6.45) is 2.67. The van der Waals surface area contributed by atoms with E-state index in [9.17, 15) is 4.79 Å². The number of hydrogen-bond donors (Lipinski definition) is 0. The van der Waals surface area contributed by atoms with Gasteiger partial charge in [-0.15, -0.1) is 11.3 Å². The van der Waals surface area contributed by atoms with Crippen LogP contribution in [0.5, 0.6) is 0 Å². The van der Waals surface area contributed by atoms with Gasteiger partial charge in [-0.2, -0.15) is 0 Å². The summed E-state index contributed by atoms with van der Waals surface area (Å²) >= 11 is 1.58. The van der Waals surface area contributed by atoms with Gasteiger partial charge in [-0.05, 0) is 42.3 Å². The molecule has 1 unspecified atom stereocenters. The van der Waals surface area contributed by atoms with Gasteiger partial charge in [0.05, 0.1) is 5.00 Å². The van der Waals surface area contributed by atoms with Crippen molar-refractivity contribution in [2.75, 3.05) is 4.90 Å². The smallest absolute Gasteiger partial charge is 0.277 e. The minimum absolute atomic E-state index is 0.0393. The van der Waals surface area contributed by atoms with E-state index in [1.54, 1.807) is 17.5 Å². The molecule has 2 aromatic heterocycles. The van der Waals surface area contributed by atoms with Crippen LogP contribution in [0, 0.1) is 0 Å². The minimum atomic E-state index is -0.0393. The topological polar surface area (TPSA) is 33.2 Å². The highest BCUT2D eigenvalue weighted by Gasteiger charge is 2.24. The summed E-state index contributed by atoms with van der Waals surface area (Å²) in [6.45, 7) is 4.16. The Morgan fingerprint density at radius 2 is 2.00 bits per heavy atom. The summed E-state index contributed by atoms with van der Waals surface area (Å²) in [5, 5.41) is 5.04. The number of thiophene rings is 1. The number of benzene rings is 1. The van der Waals surface area contributed by atoms with Crippen molar-refractivity contribution in [3.8, 4) is 0 Å². The lowest BCUT2D eigenvalue weighted by atomic mass is 10.1. The number of pyridine rings is 1. The fraction of sp³-hybridized carbons (Fsp3) is 0.222. The third-order valence-corrected chi connectivity index (χ3v) is 4.71. The van der Waals surface area contributed by atoms with Crippen LogP contribution in [0.25, 0.3) is 10.8 Å². The van der Waals surface area contributed by atoms with Crippen LogP contribution in [0.3, 0.4) is 0 Å². The zero-order chi connectivity index (χ0) is 15.5. The van der Waals surface area contributed by atoms with Crippen molar-refractivity contribution in [1.82, 2.24) is 4.98 Å². The lowest BCUT2D eigenvalue weighted by Gasteiger charge is -2.26. The molecule has 0 aliphatic carbocycles. The van der Waals surface area contributed by atoms with Gasteiger partial charge in [0.2, 0.25) is 0 Å². The summed E-state index contributed by atoms with van der Waals surface area (Å²) in [5.41, 5.74) is 0.493. The lowest BCUT2D eigenvalue weighted by molar-refractivity contribution is 0.0974. The fourth-order valence-corrected chi connectivity index (χ4v) is 3.26. The molecule has 0 saturated carbocycles. The zero-order valence-corrected chi connectivity index (χ0v) is 13.5. The summed E-state index contributed by atoms with van der Waals surface area (Å²) in [4.78, 5) is 19.2. The number of rotatable bonds is 4. The Morgan fingerprint density at radius 3 is 2.68 bits per heavy atom. The molecule has 4 heteroatoms. The lowest BCUT2D eigenvalue weighted by Crippen LogP contribution is -2.38. The molecule has 1 amide bonds. The number of carbonyl (C=O) groups is 1. The van der Waals surface area contributed by atoms with Gasteiger partial charge in [0.25, 0.3) is 5.91 Å². The first kappa shape index (κ1) is 14.7. The molecule has 3 nitrogen and oxygen atoms in total. The molecule has 3 rings (SSSR count). The van der Waals surface area contributed by atoms with E-state index < -0.39 is 0 Å². The Balaban J connectivity index is 2.01. The maximum Gasteiger partial charge on any atom is 0.277 e. The Kier molecular flexibility index (Phi) is 4.20. The predicted molar refractivity (Wildman–Crippen MR) is 92.6 cm³/mol. The molecule has 1 aromatic carbocycles. The van der Waals surface area contributed by atoms with Gasteiger partial charge in [-0.1, -0.05) is 31.2 Å². The van der Waals surface area contributed by atoms with Gasteiger partial charge in [-0.3, -0.25) is 14.7 Å². The molecule has 2 heterocycles. The molecule has 0 saturated heterocycles. The molecule has 3 aromatic rings. The number of anilines is 1. The summed E-state index contributed by atoms with van der Waals surface area (Å²) in [5.74, 6) is -0.0393. The van der Waals surface area contributed by atoms with E-state index in [-0.39, 0.29) is 11.9 Å². The Morgan fingerprint density at radius 1 is 1.23 bits per heavy atom. The van der Waals surface area contributed by atoms with Gasteiger partial charge < -0.3 is 0 Å². The van der Waals surface area contributed by atoms with E-state index >= 15 is 0 Å². The van der Waals surface area contributed by atoms with Gasteiger partial charge in [0, 0.05) is 17.6 Å². The van der Waals surface area contributed by atoms with Crippen LogP contribution in [0.2, 0.25) is 0 Å². The van der Waals surface area contributed by atoms with E-state index in [0.29, 0.717) is 5.69 Å². The van der Waals surface area contributed by atoms with Crippen molar-refractivity contribution in [2.45, 2.75) is 26.3 Å². The van der Waals surface area contributed by atoms with Crippen LogP contribution < -0.4 is 4.90 Å². The summed E-state index contributed by atoms with van der Waals surface area (Å²) in [7, 11) is 0. The van der Waals surface area contributed by atoms with Crippen LogP contribution in [-0.2, 0) is 0 Å². The van der Waals surface area contributed by atoms with Crippen LogP contribution in [0.1, 0.15) is 30.8 Å². The first-order valence-electron chi connectivity index (χ1n) is 7.42. The van der Waals surface area contributed by atoms with Gasteiger partial charge in [-0.25, -0.2) is 0 Å². The van der Waals surface area contributed by atoms with Crippen LogP contribution in [-0.4, -0.2) is 16.9 Å². The monoisotopic (exact) mass is 310 g/mol. The van der Waals surface area contributed by atoms with Crippen molar-refractivity contribution in [2.24, 2.45) is 0 Å². The maximum atomic E-state index is 13.0. The molecule has 0 aliphatic rings. The van der Waals surface area contributed by atoms with Crippen molar-refractivity contribution in [1.29, 1.82) is 0 Å². The standard InChI is InChI=1S/C18H18N2OS/c1-3-13(2)20(17-9-6-10-22-17)18(21)16-11-14-7-4-5-8-15(14)12-19-16/h4-13H,3H2,1-2H3. The van der Waals surface area contributed by atoms with E-state index in [4.69, 9.17) is 0 Å². The fourth-order valence-electron chi connectivity index (χ4n) is 2.43. The number of amides is 1. The SMILES string of the molecule is CCC(C)N(C(=O)c1cc2ccccc2cn1)c1cccs1. The molecule has 1 atom stereocenters. The zero-order valence-electron chi connectivity index (χ0n) is 12.7. The molecule has 0 aliphatic heterocycles.